The summed E-state index contributed by atoms with van der Waals surface area (Å²) in [6, 6.07) is 16.1. The fourth-order valence-electron chi connectivity index (χ4n) is 2.88. The van der Waals surface area contributed by atoms with Crippen molar-refractivity contribution >= 4 is 6.09 Å². The van der Waals surface area contributed by atoms with Gasteiger partial charge in [0.05, 0.1) is 12.6 Å². The van der Waals surface area contributed by atoms with Crippen LogP contribution in [0.4, 0.5) is 4.79 Å². The minimum Gasteiger partial charge on any atom is -0.508 e. The summed E-state index contributed by atoms with van der Waals surface area (Å²) in [6.45, 7) is 4.29. The van der Waals surface area contributed by atoms with Gasteiger partial charge in [-0.15, -0.1) is 0 Å². The van der Waals surface area contributed by atoms with Crippen LogP contribution in [0.15, 0.2) is 54.6 Å². The average molecular weight is 327 g/mol. The van der Waals surface area contributed by atoms with E-state index in [1.54, 1.807) is 29.2 Å². The maximum atomic E-state index is 12.7. The van der Waals surface area contributed by atoms with E-state index < -0.39 is 11.8 Å². The molecule has 1 amide bonds. The quantitative estimate of drug-likeness (QED) is 0.930. The molecule has 126 valence electrons. The van der Waals surface area contributed by atoms with Gasteiger partial charge in [0, 0.05) is 0 Å². The van der Waals surface area contributed by atoms with Crippen LogP contribution in [0.3, 0.4) is 0 Å². The second-order valence-electron chi connectivity index (χ2n) is 6.28. The maximum absolute atomic E-state index is 12.7. The molecule has 0 aromatic heterocycles. The molecule has 0 aliphatic carbocycles. The highest BCUT2D eigenvalue weighted by atomic mass is 16.6. The molecule has 24 heavy (non-hydrogen) atoms. The zero-order valence-corrected chi connectivity index (χ0v) is 13.8. The minimum absolute atomic E-state index is 0.190. The normalized spacial score (nSPS) is 19.2. The van der Waals surface area contributed by atoms with Crippen molar-refractivity contribution in [2.75, 3.05) is 6.61 Å². The number of phenolic OH excluding ortho intramolecular Hbond substituents is 1. The first-order valence-corrected chi connectivity index (χ1v) is 7.90. The molecule has 0 bridgehead atoms. The molecule has 1 heterocycles. The van der Waals surface area contributed by atoms with Gasteiger partial charge in [-0.25, -0.2) is 4.79 Å². The number of benzene rings is 2. The van der Waals surface area contributed by atoms with Crippen molar-refractivity contribution in [3.8, 4) is 5.75 Å². The van der Waals surface area contributed by atoms with E-state index in [-0.39, 0.29) is 18.4 Å². The van der Waals surface area contributed by atoms with Crippen LogP contribution in [0.5, 0.6) is 5.75 Å². The first kappa shape index (κ1) is 16.3. The predicted molar refractivity (Wildman–Crippen MR) is 89.3 cm³/mol. The minimum atomic E-state index is -0.754. The van der Waals surface area contributed by atoms with Gasteiger partial charge in [0.1, 0.15) is 18.1 Å². The van der Waals surface area contributed by atoms with Crippen LogP contribution >= 0.6 is 0 Å². The van der Waals surface area contributed by atoms with Gasteiger partial charge in [0.15, 0.2) is 0 Å². The van der Waals surface area contributed by atoms with Crippen LogP contribution in [0, 0.1) is 0 Å². The summed E-state index contributed by atoms with van der Waals surface area (Å²) in [6.07, 6.45) is -0.417. The second kappa shape index (κ2) is 6.53. The Hall–Kier alpha value is -2.53. The smallest absolute Gasteiger partial charge is 0.412 e. The Kier molecular flexibility index (Phi) is 4.44. The SMILES string of the molecule is CC1(C)OC[C@@H](c2ccc(O)cc2)N1C(=O)OCc1ccccc1. The Bertz CT molecular complexity index is 697. The van der Waals surface area contributed by atoms with Gasteiger partial charge in [-0.05, 0) is 37.1 Å². The highest BCUT2D eigenvalue weighted by molar-refractivity contribution is 5.69. The molecule has 2 aromatic carbocycles. The van der Waals surface area contributed by atoms with E-state index in [1.165, 1.54) is 0 Å². The van der Waals surface area contributed by atoms with Crippen LogP contribution in [0.25, 0.3) is 0 Å². The second-order valence-corrected chi connectivity index (χ2v) is 6.28. The highest BCUT2D eigenvalue weighted by Crippen LogP contribution is 2.37. The summed E-state index contributed by atoms with van der Waals surface area (Å²) < 4.78 is 11.3. The Labute approximate surface area is 141 Å². The number of rotatable bonds is 3. The molecule has 1 saturated heterocycles. The number of hydrogen-bond donors (Lipinski definition) is 1. The Morgan fingerprint density at radius 3 is 2.54 bits per heavy atom. The number of nitrogens with zero attached hydrogens (tertiary/aromatic N) is 1. The molecule has 1 atom stereocenters. The van der Waals surface area contributed by atoms with E-state index in [4.69, 9.17) is 9.47 Å². The average Bonchev–Trinajstić information content (AvgIpc) is 2.90. The molecular weight excluding hydrogens is 306 g/mol. The molecule has 1 aliphatic heterocycles. The van der Waals surface area contributed by atoms with Crippen molar-refractivity contribution in [2.45, 2.75) is 32.2 Å². The zero-order chi connectivity index (χ0) is 17.2. The summed E-state index contributed by atoms with van der Waals surface area (Å²) in [4.78, 5) is 14.3. The summed E-state index contributed by atoms with van der Waals surface area (Å²) in [5.41, 5.74) is 1.08. The summed E-state index contributed by atoms with van der Waals surface area (Å²) in [5, 5.41) is 9.45. The zero-order valence-electron chi connectivity index (χ0n) is 13.8. The predicted octanol–water partition coefficient (Wildman–Crippen LogP) is 3.84. The van der Waals surface area contributed by atoms with Crippen LogP contribution in [0.1, 0.15) is 31.0 Å². The molecule has 0 radical (unpaired) electrons. The lowest BCUT2D eigenvalue weighted by molar-refractivity contribution is -0.0493. The maximum Gasteiger partial charge on any atom is 0.412 e. The van der Waals surface area contributed by atoms with Crippen molar-refractivity contribution in [1.82, 2.24) is 4.90 Å². The van der Waals surface area contributed by atoms with Crippen LogP contribution < -0.4 is 0 Å². The fraction of sp³-hybridized carbons (Fsp3) is 0.316. The van der Waals surface area contributed by atoms with Crippen molar-refractivity contribution in [2.24, 2.45) is 0 Å². The lowest BCUT2D eigenvalue weighted by atomic mass is 10.1. The van der Waals surface area contributed by atoms with E-state index in [0.29, 0.717) is 6.61 Å². The third-order valence-corrected chi connectivity index (χ3v) is 4.17. The first-order chi connectivity index (χ1) is 11.5. The summed E-state index contributed by atoms with van der Waals surface area (Å²) in [5.74, 6) is 0.190. The number of ether oxygens (including phenoxy) is 2. The molecule has 5 heteroatoms. The van der Waals surface area contributed by atoms with E-state index in [0.717, 1.165) is 11.1 Å². The standard InChI is InChI=1S/C19H21NO4/c1-19(2)20(18(22)23-12-14-6-4-3-5-7-14)17(13-24-19)15-8-10-16(21)11-9-15/h3-11,17,21H,12-13H2,1-2H3/t17-/m0/s1. The van der Waals surface area contributed by atoms with E-state index in [1.807, 2.05) is 44.2 Å². The number of aromatic hydroxyl groups is 1. The van der Waals surface area contributed by atoms with Gasteiger partial charge in [-0.1, -0.05) is 42.5 Å². The molecule has 5 nitrogen and oxygen atoms in total. The summed E-state index contributed by atoms with van der Waals surface area (Å²) >= 11 is 0. The summed E-state index contributed by atoms with van der Waals surface area (Å²) in [7, 11) is 0. The van der Waals surface area contributed by atoms with Gasteiger partial charge in [-0.2, -0.15) is 0 Å². The van der Waals surface area contributed by atoms with E-state index >= 15 is 0 Å². The monoisotopic (exact) mass is 327 g/mol. The molecule has 2 aromatic rings. The first-order valence-electron chi connectivity index (χ1n) is 7.90. The Morgan fingerprint density at radius 1 is 1.21 bits per heavy atom. The van der Waals surface area contributed by atoms with Crippen LogP contribution in [0.2, 0.25) is 0 Å². The third-order valence-electron chi connectivity index (χ3n) is 4.17. The number of carbonyl (C=O) groups excluding carboxylic acids is 1. The molecule has 1 aliphatic rings. The van der Waals surface area contributed by atoms with Gasteiger partial charge >= 0.3 is 6.09 Å². The Morgan fingerprint density at radius 2 is 1.88 bits per heavy atom. The van der Waals surface area contributed by atoms with Gasteiger partial charge < -0.3 is 14.6 Å². The number of amides is 1. The van der Waals surface area contributed by atoms with Gasteiger partial charge in [0.2, 0.25) is 0 Å². The van der Waals surface area contributed by atoms with E-state index in [9.17, 15) is 9.90 Å². The van der Waals surface area contributed by atoms with Crippen LogP contribution in [-0.4, -0.2) is 28.4 Å². The molecule has 3 rings (SSSR count). The van der Waals surface area contributed by atoms with Crippen LogP contribution in [-0.2, 0) is 16.1 Å². The highest BCUT2D eigenvalue weighted by Gasteiger charge is 2.45. The third kappa shape index (κ3) is 3.36. The van der Waals surface area contributed by atoms with Crippen molar-refractivity contribution in [3.05, 3.63) is 65.7 Å². The largest absolute Gasteiger partial charge is 0.508 e. The molecule has 0 saturated carbocycles. The topological polar surface area (TPSA) is 59.0 Å². The number of hydrogen-bond acceptors (Lipinski definition) is 4. The van der Waals surface area contributed by atoms with Crippen molar-refractivity contribution < 1.29 is 19.4 Å². The molecular formula is C19H21NO4. The van der Waals surface area contributed by atoms with Crippen molar-refractivity contribution in [1.29, 1.82) is 0 Å². The molecule has 1 N–H and O–H groups in total. The number of phenols is 1. The fourth-order valence-corrected chi connectivity index (χ4v) is 2.88. The molecule has 0 spiro atoms. The lowest BCUT2D eigenvalue weighted by Gasteiger charge is -2.32. The molecule has 0 unspecified atom stereocenters. The number of carbonyl (C=O) groups is 1. The van der Waals surface area contributed by atoms with E-state index in [2.05, 4.69) is 0 Å². The van der Waals surface area contributed by atoms with Crippen molar-refractivity contribution in [3.63, 3.8) is 0 Å². The Balaban J connectivity index is 1.76. The molecule has 1 fully saturated rings. The van der Waals surface area contributed by atoms with Gasteiger partial charge in [0.25, 0.3) is 0 Å². The lowest BCUT2D eigenvalue weighted by Crippen LogP contribution is -2.45. The van der Waals surface area contributed by atoms with Gasteiger partial charge in [-0.3, -0.25) is 4.90 Å².